The summed E-state index contributed by atoms with van der Waals surface area (Å²) in [7, 11) is 0. The summed E-state index contributed by atoms with van der Waals surface area (Å²) in [5, 5.41) is 21.6. The van der Waals surface area contributed by atoms with Crippen molar-refractivity contribution >= 4 is 40.2 Å². The number of nitro benzene ring substituents is 1. The van der Waals surface area contributed by atoms with E-state index < -0.39 is 10.9 Å². The van der Waals surface area contributed by atoms with Crippen LogP contribution in [0.3, 0.4) is 0 Å². The maximum absolute atomic E-state index is 12.3. The van der Waals surface area contributed by atoms with E-state index in [2.05, 4.69) is 4.99 Å². The van der Waals surface area contributed by atoms with Crippen molar-refractivity contribution < 1.29 is 19.6 Å². The van der Waals surface area contributed by atoms with Crippen molar-refractivity contribution in [3.8, 4) is 0 Å². The smallest absolute Gasteiger partial charge is 0.344 e. The van der Waals surface area contributed by atoms with Crippen LogP contribution in [0.2, 0.25) is 0 Å². The van der Waals surface area contributed by atoms with E-state index in [0.29, 0.717) is 10.6 Å². The molecule has 142 valence electrons. The first-order valence-corrected chi connectivity index (χ1v) is 9.20. The molecule has 0 atom stereocenters. The number of carbonyl (C=O) groups excluding carboxylic acids is 1. The summed E-state index contributed by atoms with van der Waals surface area (Å²) in [6.07, 6.45) is 1.75. The van der Waals surface area contributed by atoms with E-state index in [1.165, 1.54) is 24.3 Å². The lowest BCUT2D eigenvalue weighted by Gasteiger charge is -2.03. The van der Waals surface area contributed by atoms with Crippen LogP contribution >= 0.6 is 11.8 Å². The van der Waals surface area contributed by atoms with Crippen LogP contribution in [0.5, 0.6) is 0 Å². The fraction of sp³-hybridized carbons (Fsp3) is 0.100. The molecule has 2 aromatic carbocycles. The van der Waals surface area contributed by atoms with Gasteiger partial charge in [-0.25, -0.2) is 9.79 Å². The molecule has 0 bridgehead atoms. The molecule has 0 saturated heterocycles. The van der Waals surface area contributed by atoms with Crippen molar-refractivity contribution in [3.05, 3.63) is 86.5 Å². The third kappa shape index (κ3) is 4.29. The van der Waals surface area contributed by atoms with Crippen molar-refractivity contribution in [3.63, 3.8) is 0 Å². The van der Waals surface area contributed by atoms with E-state index in [4.69, 9.17) is 4.74 Å². The highest BCUT2D eigenvalue weighted by Crippen LogP contribution is 2.40. The van der Waals surface area contributed by atoms with Gasteiger partial charge in [-0.2, -0.15) is 0 Å². The first-order valence-electron chi connectivity index (χ1n) is 8.38. The Balaban J connectivity index is 2.00. The normalized spacial score (nSPS) is 16.6. The number of nitrogens with zero attached hydrogens (tertiary/aromatic N) is 2. The molecule has 1 aliphatic heterocycles. The lowest BCUT2D eigenvalue weighted by atomic mass is 10.1. The number of aliphatic imine (C=N–C) groups is 1. The van der Waals surface area contributed by atoms with Crippen LogP contribution in [0, 0.1) is 10.1 Å². The number of carbonyl (C=O) groups is 1. The van der Waals surface area contributed by atoms with Crippen LogP contribution in [-0.2, 0) is 9.53 Å². The summed E-state index contributed by atoms with van der Waals surface area (Å²) in [6, 6.07) is 15.0. The molecule has 28 heavy (non-hydrogen) atoms. The third-order valence-electron chi connectivity index (χ3n) is 3.76. The SMILES string of the molecule is CCOC(=O)C1=C(O)C(=Cc2ccccc2)SC1=Nc1ccc([N+](=O)[O-])cc1. The number of non-ortho nitro benzene ring substituents is 1. The van der Waals surface area contributed by atoms with Gasteiger partial charge in [0.1, 0.15) is 16.4 Å². The van der Waals surface area contributed by atoms with Gasteiger partial charge >= 0.3 is 5.97 Å². The Morgan fingerprint density at radius 3 is 2.50 bits per heavy atom. The lowest BCUT2D eigenvalue weighted by Crippen LogP contribution is -2.12. The molecule has 2 aromatic rings. The molecule has 1 heterocycles. The minimum Gasteiger partial charge on any atom is -0.506 e. The average Bonchev–Trinajstić information content (AvgIpc) is 2.98. The molecule has 0 amide bonds. The topological polar surface area (TPSA) is 102 Å². The monoisotopic (exact) mass is 396 g/mol. The molecule has 0 aliphatic carbocycles. The Labute approximate surface area is 165 Å². The van der Waals surface area contributed by atoms with Gasteiger partial charge in [0.25, 0.3) is 5.69 Å². The van der Waals surface area contributed by atoms with Crippen LogP contribution in [0.1, 0.15) is 12.5 Å². The number of hydrogen-bond donors (Lipinski definition) is 1. The second kappa shape index (κ2) is 8.53. The highest BCUT2D eigenvalue weighted by atomic mass is 32.2. The largest absolute Gasteiger partial charge is 0.506 e. The van der Waals surface area contributed by atoms with Gasteiger partial charge in [-0.3, -0.25) is 10.1 Å². The van der Waals surface area contributed by atoms with Crippen LogP contribution in [-0.4, -0.2) is 27.6 Å². The zero-order valence-corrected chi connectivity index (χ0v) is 15.7. The fourth-order valence-corrected chi connectivity index (χ4v) is 3.49. The lowest BCUT2D eigenvalue weighted by molar-refractivity contribution is -0.384. The van der Waals surface area contributed by atoms with Crippen molar-refractivity contribution in [2.75, 3.05) is 6.61 Å². The second-order valence-electron chi connectivity index (χ2n) is 5.66. The van der Waals surface area contributed by atoms with Gasteiger partial charge in [0.15, 0.2) is 0 Å². The van der Waals surface area contributed by atoms with E-state index >= 15 is 0 Å². The number of thioether (sulfide) groups is 1. The minimum atomic E-state index is -0.676. The summed E-state index contributed by atoms with van der Waals surface area (Å²) < 4.78 is 5.05. The van der Waals surface area contributed by atoms with Gasteiger partial charge in [0.05, 0.1) is 22.1 Å². The number of ether oxygens (including phenoxy) is 1. The van der Waals surface area contributed by atoms with E-state index in [9.17, 15) is 20.0 Å². The molecule has 8 heteroatoms. The van der Waals surface area contributed by atoms with E-state index in [1.54, 1.807) is 13.0 Å². The minimum absolute atomic E-state index is 0.0209. The van der Waals surface area contributed by atoms with Gasteiger partial charge in [0, 0.05) is 12.1 Å². The van der Waals surface area contributed by atoms with Crippen molar-refractivity contribution in [2.24, 2.45) is 4.99 Å². The zero-order chi connectivity index (χ0) is 20.1. The summed E-state index contributed by atoms with van der Waals surface area (Å²) in [4.78, 5) is 27.5. The zero-order valence-electron chi connectivity index (χ0n) is 14.9. The standard InChI is InChI=1S/C20H16N2O5S/c1-2-27-20(24)17-18(23)16(12-13-6-4-3-5-7-13)28-19(17)21-14-8-10-15(11-9-14)22(25)26/h3-12,23H,2H2,1H3. The third-order valence-corrected chi connectivity index (χ3v) is 4.78. The Bertz CT molecular complexity index is 995. The molecule has 0 saturated carbocycles. The van der Waals surface area contributed by atoms with Crippen LogP contribution < -0.4 is 0 Å². The molecule has 0 unspecified atom stereocenters. The van der Waals surface area contributed by atoms with Gasteiger partial charge in [-0.15, -0.1) is 0 Å². The van der Waals surface area contributed by atoms with Gasteiger partial charge < -0.3 is 9.84 Å². The number of rotatable bonds is 5. The van der Waals surface area contributed by atoms with Crippen molar-refractivity contribution in [2.45, 2.75) is 6.92 Å². The number of aliphatic hydroxyl groups is 1. The van der Waals surface area contributed by atoms with E-state index in [1.807, 2.05) is 30.3 Å². The Hall–Kier alpha value is -3.39. The predicted molar refractivity (Wildman–Crippen MR) is 108 cm³/mol. The van der Waals surface area contributed by atoms with Gasteiger partial charge in [0.2, 0.25) is 0 Å². The number of esters is 1. The first kappa shape index (κ1) is 19.4. The Morgan fingerprint density at radius 1 is 1.21 bits per heavy atom. The molecular formula is C20H16N2O5S. The summed E-state index contributed by atoms with van der Waals surface area (Å²) >= 11 is 1.13. The first-order chi connectivity index (χ1) is 13.5. The van der Waals surface area contributed by atoms with Gasteiger partial charge in [-0.05, 0) is 30.7 Å². The number of benzene rings is 2. The van der Waals surface area contributed by atoms with E-state index in [-0.39, 0.29) is 28.7 Å². The Kier molecular flexibility index (Phi) is 5.90. The fourth-order valence-electron chi connectivity index (χ4n) is 2.46. The average molecular weight is 396 g/mol. The summed E-state index contributed by atoms with van der Waals surface area (Å²) in [5.74, 6) is -0.877. The molecular weight excluding hydrogens is 380 g/mol. The molecule has 3 rings (SSSR count). The second-order valence-corrected chi connectivity index (χ2v) is 6.69. The number of hydrogen-bond acceptors (Lipinski definition) is 7. The maximum atomic E-state index is 12.3. The number of aliphatic hydroxyl groups excluding tert-OH is 1. The van der Waals surface area contributed by atoms with Crippen molar-refractivity contribution in [1.29, 1.82) is 0 Å². The summed E-state index contributed by atoms with van der Waals surface area (Å²) in [5.41, 5.74) is 1.20. The Morgan fingerprint density at radius 2 is 1.89 bits per heavy atom. The molecule has 0 radical (unpaired) electrons. The molecule has 0 spiro atoms. The molecule has 1 aliphatic rings. The van der Waals surface area contributed by atoms with Crippen LogP contribution in [0.15, 0.2) is 75.8 Å². The van der Waals surface area contributed by atoms with Crippen LogP contribution in [0.4, 0.5) is 11.4 Å². The molecule has 0 fully saturated rings. The number of nitro groups is 1. The highest BCUT2D eigenvalue weighted by Gasteiger charge is 2.33. The van der Waals surface area contributed by atoms with Gasteiger partial charge in [-0.1, -0.05) is 42.1 Å². The quantitative estimate of drug-likeness (QED) is 0.443. The predicted octanol–water partition coefficient (Wildman–Crippen LogP) is 4.79. The van der Waals surface area contributed by atoms with E-state index in [0.717, 1.165) is 17.3 Å². The summed E-state index contributed by atoms with van der Waals surface area (Å²) in [6.45, 7) is 1.83. The highest BCUT2D eigenvalue weighted by molar-refractivity contribution is 8.18. The molecule has 1 N–H and O–H groups in total. The molecule has 0 aromatic heterocycles. The maximum Gasteiger partial charge on any atom is 0.344 e. The van der Waals surface area contributed by atoms with Crippen LogP contribution in [0.25, 0.3) is 6.08 Å². The van der Waals surface area contributed by atoms with Crippen molar-refractivity contribution in [1.82, 2.24) is 0 Å². The molecule has 7 nitrogen and oxygen atoms in total.